The lowest BCUT2D eigenvalue weighted by Gasteiger charge is -2.42. The van der Waals surface area contributed by atoms with Gasteiger partial charge in [-0.1, -0.05) is 109 Å². The van der Waals surface area contributed by atoms with Gasteiger partial charge >= 0.3 is 0 Å². The highest BCUT2D eigenvalue weighted by molar-refractivity contribution is 9.10. The number of furan rings is 1. The number of hydrogen-bond donors (Lipinski definition) is 0. The van der Waals surface area contributed by atoms with Crippen molar-refractivity contribution in [1.29, 1.82) is 0 Å². The standard InChI is InChI=1S/C39H28BrNO/c1-39(2)33-16-7-8-17-35(33)41(29-11-4-3-5-12-29)36-20-19-25(24-34(36)39)26-21-27(23-28(40)22-26)30-14-10-15-32-31-13-6-9-18-37(31)42-38(30)32/h3-24H,1-2H3. The van der Waals surface area contributed by atoms with Crippen molar-refractivity contribution in [2.45, 2.75) is 19.3 Å². The van der Waals surface area contributed by atoms with Crippen LogP contribution in [0.5, 0.6) is 0 Å². The smallest absolute Gasteiger partial charge is 0.143 e. The zero-order valence-corrected chi connectivity index (χ0v) is 25.0. The lowest BCUT2D eigenvalue weighted by molar-refractivity contribution is 0.632. The van der Waals surface area contributed by atoms with Crippen molar-refractivity contribution in [1.82, 2.24) is 0 Å². The number of fused-ring (bicyclic) bond motifs is 5. The van der Waals surface area contributed by atoms with Gasteiger partial charge in [0.1, 0.15) is 11.2 Å². The number of rotatable bonds is 3. The molecule has 1 aliphatic heterocycles. The van der Waals surface area contributed by atoms with Gasteiger partial charge in [-0.3, -0.25) is 0 Å². The van der Waals surface area contributed by atoms with Crippen LogP contribution in [0.1, 0.15) is 25.0 Å². The fourth-order valence-corrected chi connectivity index (χ4v) is 7.12. The van der Waals surface area contributed by atoms with Gasteiger partial charge in [0, 0.05) is 31.9 Å². The maximum absolute atomic E-state index is 6.39. The Morgan fingerprint density at radius 2 is 1.29 bits per heavy atom. The van der Waals surface area contributed by atoms with Crippen LogP contribution in [0, 0.1) is 0 Å². The zero-order valence-electron chi connectivity index (χ0n) is 23.4. The minimum Gasteiger partial charge on any atom is -0.455 e. The number of nitrogens with zero attached hydrogens (tertiary/aromatic N) is 1. The van der Waals surface area contributed by atoms with Gasteiger partial charge in [0.15, 0.2) is 0 Å². The summed E-state index contributed by atoms with van der Waals surface area (Å²) in [7, 11) is 0. The quantitative estimate of drug-likeness (QED) is 0.199. The van der Waals surface area contributed by atoms with Gasteiger partial charge in [-0.25, -0.2) is 0 Å². The molecule has 0 aliphatic carbocycles. The SMILES string of the molecule is CC1(C)c2ccccc2N(c2ccccc2)c2ccc(-c3cc(Br)cc(-c4cccc5c4oc4ccccc45)c3)cc21. The number of hydrogen-bond acceptors (Lipinski definition) is 2. The summed E-state index contributed by atoms with van der Waals surface area (Å²) in [6.45, 7) is 4.68. The number of halogens is 1. The molecule has 1 aliphatic rings. The van der Waals surface area contributed by atoms with Crippen LogP contribution in [0.4, 0.5) is 17.1 Å². The van der Waals surface area contributed by atoms with Crippen molar-refractivity contribution in [3.63, 3.8) is 0 Å². The molecule has 6 aromatic carbocycles. The van der Waals surface area contributed by atoms with Gasteiger partial charge < -0.3 is 9.32 Å². The number of para-hydroxylation sites is 4. The molecule has 0 radical (unpaired) electrons. The van der Waals surface area contributed by atoms with Gasteiger partial charge in [-0.15, -0.1) is 0 Å². The minimum atomic E-state index is -0.165. The normalized spacial score (nSPS) is 13.7. The highest BCUT2D eigenvalue weighted by atomic mass is 79.9. The third-order valence-corrected chi connectivity index (χ3v) is 9.15. The Labute approximate surface area is 254 Å². The molecule has 7 aromatic rings. The van der Waals surface area contributed by atoms with Crippen molar-refractivity contribution in [3.05, 3.63) is 149 Å². The molecule has 42 heavy (non-hydrogen) atoms. The van der Waals surface area contributed by atoms with Crippen LogP contribution in [0.3, 0.4) is 0 Å². The Morgan fingerprint density at radius 3 is 2.17 bits per heavy atom. The molecule has 0 spiro atoms. The third-order valence-electron chi connectivity index (χ3n) is 8.69. The van der Waals surface area contributed by atoms with E-state index in [0.717, 1.165) is 48.8 Å². The second-order valence-electron chi connectivity index (χ2n) is 11.6. The van der Waals surface area contributed by atoms with E-state index in [-0.39, 0.29) is 5.41 Å². The van der Waals surface area contributed by atoms with E-state index >= 15 is 0 Å². The van der Waals surface area contributed by atoms with Gasteiger partial charge in [0.25, 0.3) is 0 Å². The van der Waals surface area contributed by atoms with Crippen LogP contribution in [0.15, 0.2) is 142 Å². The summed E-state index contributed by atoms with van der Waals surface area (Å²) >= 11 is 3.83. The van der Waals surface area contributed by atoms with E-state index in [1.807, 2.05) is 12.1 Å². The number of anilines is 3. The molecule has 0 unspecified atom stereocenters. The van der Waals surface area contributed by atoms with E-state index in [1.165, 1.54) is 28.1 Å². The van der Waals surface area contributed by atoms with E-state index in [1.54, 1.807) is 0 Å². The third kappa shape index (κ3) is 3.84. The second-order valence-corrected chi connectivity index (χ2v) is 12.5. The first-order valence-corrected chi connectivity index (χ1v) is 15.1. The van der Waals surface area contributed by atoms with Crippen LogP contribution in [0.25, 0.3) is 44.2 Å². The predicted octanol–water partition coefficient (Wildman–Crippen LogP) is 11.8. The molecule has 2 nitrogen and oxygen atoms in total. The zero-order chi connectivity index (χ0) is 28.4. The average Bonchev–Trinajstić information content (AvgIpc) is 3.40. The monoisotopic (exact) mass is 605 g/mol. The molecular formula is C39H28BrNO. The summed E-state index contributed by atoms with van der Waals surface area (Å²) in [6.07, 6.45) is 0. The first kappa shape index (κ1) is 25.1. The van der Waals surface area contributed by atoms with E-state index in [4.69, 9.17) is 4.42 Å². The molecule has 0 fully saturated rings. The Morgan fingerprint density at radius 1 is 0.571 bits per heavy atom. The van der Waals surface area contributed by atoms with E-state index in [9.17, 15) is 0 Å². The van der Waals surface area contributed by atoms with Crippen LogP contribution in [-0.4, -0.2) is 0 Å². The summed E-state index contributed by atoms with van der Waals surface area (Å²) in [5.41, 5.74) is 12.5. The molecule has 0 bridgehead atoms. The molecule has 0 atom stereocenters. The second kappa shape index (κ2) is 9.47. The fourth-order valence-electron chi connectivity index (χ4n) is 6.62. The first-order chi connectivity index (χ1) is 20.5. The fraction of sp³-hybridized carbons (Fsp3) is 0.0769. The summed E-state index contributed by atoms with van der Waals surface area (Å²) < 4.78 is 7.43. The highest BCUT2D eigenvalue weighted by Crippen LogP contribution is 2.52. The van der Waals surface area contributed by atoms with Crippen molar-refractivity contribution < 1.29 is 4.42 Å². The van der Waals surface area contributed by atoms with E-state index in [0.29, 0.717) is 0 Å². The van der Waals surface area contributed by atoms with Gasteiger partial charge in [0.2, 0.25) is 0 Å². The maximum atomic E-state index is 6.39. The molecule has 0 saturated carbocycles. The van der Waals surface area contributed by atoms with Crippen molar-refractivity contribution in [3.8, 4) is 22.3 Å². The Hall–Kier alpha value is -4.60. The molecule has 202 valence electrons. The Bertz CT molecular complexity index is 2140. The van der Waals surface area contributed by atoms with Crippen molar-refractivity contribution >= 4 is 54.9 Å². The molecule has 8 rings (SSSR count). The largest absolute Gasteiger partial charge is 0.455 e. The van der Waals surface area contributed by atoms with Crippen molar-refractivity contribution in [2.75, 3.05) is 4.90 Å². The molecule has 3 heteroatoms. The molecule has 2 heterocycles. The maximum Gasteiger partial charge on any atom is 0.143 e. The molecular weight excluding hydrogens is 578 g/mol. The average molecular weight is 607 g/mol. The lowest BCUT2D eigenvalue weighted by atomic mass is 9.73. The van der Waals surface area contributed by atoms with Crippen molar-refractivity contribution in [2.24, 2.45) is 0 Å². The predicted molar refractivity (Wildman–Crippen MR) is 179 cm³/mol. The van der Waals surface area contributed by atoms with Crippen LogP contribution in [-0.2, 0) is 5.41 Å². The Kier molecular flexibility index (Phi) is 5.67. The molecule has 0 amide bonds. The van der Waals surface area contributed by atoms with Gasteiger partial charge in [0.05, 0.1) is 11.4 Å². The summed E-state index contributed by atoms with van der Waals surface area (Å²) in [4.78, 5) is 2.40. The molecule has 0 N–H and O–H groups in total. The highest BCUT2D eigenvalue weighted by Gasteiger charge is 2.36. The van der Waals surface area contributed by atoms with Crippen LogP contribution in [0.2, 0.25) is 0 Å². The first-order valence-electron chi connectivity index (χ1n) is 14.3. The molecule has 0 saturated heterocycles. The van der Waals surface area contributed by atoms with Gasteiger partial charge in [-0.2, -0.15) is 0 Å². The van der Waals surface area contributed by atoms with E-state index < -0.39 is 0 Å². The minimum absolute atomic E-state index is 0.165. The molecule has 1 aromatic heterocycles. The van der Waals surface area contributed by atoms with Crippen LogP contribution < -0.4 is 4.90 Å². The lowest BCUT2D eigenvalue weighted by Crippen LogP contribution is -2.30. The number of benzene rings is 6. The van der Waals surface area contributed by atoms with E-state index in [2.05, 4.69) is 156 Å². The summed E-state index contributed by atoms with van der Waals surface area (Å²) in [5.74, 6) is 0. The Balaban J connectivity index is 1.30. The summed E-state index contributed by atoms with van der Waals surface area (Å²) in [6, 6.07) is 47.7. The summed E-state index contributed by atoms with van der Waals surface area (Å²) in [5, 5.41) is 2.28. The van der Waals surface area contributed by atoms with Gasteiger partial charge in [-0.05, 0) is 82.4 Å². The topological polar surface area (TPSA) is 16.4 Å². The van der Waals surface area contributed by atoms with Crippen LogP contribution >= 0.6 is 15.9 Å².